The molecular formula is C2H3NO4. The molecule has 0 amide bonds. The Hall–Kier alpha value is -0.970. The third kappa shape index (κ3) is 1.83. The van der Waals surface area contributed by atoms with Gasteiger partial charge in [-0.15, -0.1) is 4.91 Å². The van der Waals surface area contributed by atoms with E-state index in [1.165, 1.54) is 0 Å². The summed E-state index contributed by atoms with van der Waals surface area (Å²) in [5.41, 5.74) is 0. The summed E-state index contributed by atoms with van der Waals surface area (Å²) < 4.78 is 0. The minimum atomic E-state index is -2.11. The summed E-state index contributed by atoms with van der Waals surface area (Å²) in [5.74, 6) is -1.63. The molecule has 0 spiro atoms. The Labute approximate surface area is 38.5 Å². The van der Waals surface area contributed by atoms with E-state index in [9.17, 15) is 4.79 Å². The molecule has 0 heterocycles. The first kappa shape index (κ1) is 6.03. The predicted molar refractivity (Wildman–Crippen MR) is 19.4 cm³/mol. The molecule has 0 aliphatic carbocycles. The molecule has 7 heavy (non-hydrogen) atoms. The number of aliphatic hydroxyl groups excluding tert-OH is 1. The predicted octanol–water partition coefficient (Wildman–Crippen LogP) is -0.844. The van der Waals surface area contributed by atoms with Gasteiger partial charge in [0.2, 0.25) is 0 Å². The van der Waals surface area contributed by atoms with Crippen molar-refractivity contribution in [1.82, 2.24) is 0 Å². The van der Waals surface area contributed by atoms with Gasteiger partial charge in [0.15, 0.2) is 0 Å². The molecule has 5 heteroatoms. The van der Waals surface area contributed by atoms with E-state index in [2.05, 4.69) is 0 Å². The Morgan fingerprint density at radius 3 is 2.14 bits per heavy atom. The Morgan fingerprint density at radius 1 is 1.71 bits per heavy atom. The normalized spacial score (nSPS) is 12.7. The fourth-order valence-corrected chi connectivity index (χ4v) is 0.0451. The maximum atomic E-state index is 9.39. The number of nitrogens with zero attached hydrogens (tertiary/aromatic N) is 1. The van der Waals surface area contributed by atoms with Crippen LogP contribution in [0.25, 0.3) is 0 Å². The van der Waals surface area contributed by atoms with Crippen molar-refractivity contribution in [2.45, 2.75) is 6.23 Å². The molecule has 1 unspecified atom stereocenters. The molecule has 1 atom stereocenters. The van der Waals surface area contributed by atoms with Crippen molar-refractivity contribution >= 4 is 5.97 Å². The van der Waals surface area contributed by atoms with Gasteiger partial charge >= 0.3 is 5.97 Å². The molecule has 0 rings (SSSR count). The molecule has 0 saturated heterocycles. The maximum absolute atomic E-state index is 9.39. The van der Waals surface area contributed by atoms with Crippen LogP contribution in [0, 0.1) is 4.91 Å². The molecular weight excluding hydrogens is 102 g/mol. The van der Waals surface area contributed by atoms with Gasteiger partial charge in [-0.2, -0.15) is 0 Å². The van der Waals surface area contributed by atoms with Crippen LogP contribution >= 0.6 is 0 Å². The minimum Gasteiger partial charge on any atom is -0.478 e. The van der Waals surface area contributed by atoms with E-state index in [-0.39, 0.29) is 0 Å². The zero-order chi connectivity index (χ0) is 5.86. The maximum Gasteiger partial charge on any atom is 0.359 e. The average molecular weight is 105 g/mol. The number of rotatable bonds is 2. The van der Waals surface area contributed by atoms with Gasteiger partial charge in [0.25, 0.3) is 6.23 Å². The van der Waals surface area contributed by atoms with Crippen LogP contribution in [0.5, 0.6) is 0 Å². The number of carbonyl (C=O) groups is 1. The van der Waals surface area contributed by atoms with E-state index in [1.54, 1.807) is 5.18 Å². The highest BCUT2D eigenvalue weighted by Gasteiger charge is 2.10. The molecule has 0 aromatic rings. The molecule has 0 aromatic carbocycles. The lowest BCUT2D eigenvalue weighted by atomic mass is 10.6. The smallest absolute Gasteiger partial charge is 0.359 e. The molecule has 40 valence electrons. The van der Waals surface area contributed by atoms with Crippen LogP contribution in [0.15, 0.2) is 5.18 Å². The van der Waals surface area contributed by atoms with E-state index in [0.717, 1.165) is 0 Å². The third-order valence-corrected chi connectivity index (χ3v) is 0.321. The summed E-state index contributed by atoms with van der Waals surface area (Å²) in [4.78, 5) is 18.5. The number of carboxylic acid groups (broad SMARTS) is 1. The number of carboxylic acids is 1. The first-order valence-electron chi connectivity index (χ1n) is 1.42. The quantitative estimate of drug-likeness (QED) is 0.448. The molecule has 0 aliphatic rings. The van der Waals surface area contributed by atoms with E-state index in [4.69, 9.17) is 15.1 Å². The van der Waals surface area contributed by atoms with Gasteiger partial charge in [-0.1, -0.05) is 0 Å². The van der Waals surface area contributed by atoms with Crippen LogP contribution in [0.3, 0.4) is 0 Å². The van der Waals surface area contributed by atoms with Gasteiger partial charge in [0.05, 0.1) is 0 Å². The minimum absolute atomic E-state index is 1.63. The SMILES string of the molecule is O=NC(O)C(=O)O. The second-order valence-electron chi connectivity index (χ2n) is 0.817. The Kier molecular flexibility index (Phi) is 1.94. The number of nitroso groups, excluding NO2 is 1. The number of hydrogen-bond donors (Lipinski definition) is 2. The van der Waals surface area contributed by atoms with Crippen molar-refractivity contribution < 1.29 is 15.0 Å². The van der Waals surface area contributed by atoms with E-state index < -0.39 is 12.2 Å². The highest BCUT2D eigenvalue weighted by Crippen LogP contribution is 1.79. The molecule has 0 aliphatic heterocycles. The number of hydrogen-bond acceptors (Lipinski definition) is 4. The van der Waals surface area contributed by atoms with Crippen LogP contribution in [0.4, 0.5) is 0 Å². The van der Waals surface area contributed by atoms with Crippen molar-refractivity contribution in [3.05, 3.63) is 4.91 Å². The largest absolute Gasteiger partial charge is 0.478 e. The highest BCUT2D eigenvalue weighted by atomic mass is 16.4. The van der Waals surface area contributed by atoms with Crippen molar-refractivity contribution in [2.75, 3.05) is 0 Å². The van der Waals surface area contributed by atoms with Crippen LogP contribution in [0.1, 0.15) is 0 Å². The van der Waals surface area contributed by atoms with E-state index in [1.807, 2.05) is 0 Å². The Balaban J connectivity index is 3.55. The van der Waals surface area contributed by atoms with Crippen LogP contribution < -0.4 is 0 Å². The molecule has 0 aromatic heterocycles. The third-order valence-electron chi connectivity index (χ3n) is 0.321. The number of aliphatic hydroxyl groups is 1. The molecule has 0 saturated carbocycles. The molecule has 5 nitrogen and oxygen atoms in total. The fraction of sp³-hybridized carbons (Fsp3) is 0.500. The number of aliphatic carboxylic acids is 1. The van der Waals surface area contributed by atoms with Gasteiger partial charge in [-0.3, -0.25) is 0 Å². The van der Waals surface area contributed by atoms with Crippen molar-refractivity contribution in [2.24, 2.45) is 5.18 Å². The Morgan fingerprint density at radius 2 is 2.14 bits per heavy atom. The lowest BCUT2D eigenvalue weighted by Gasteiger charge is -1.86. The first-order valence-corrected chi connectivity index (χ1v) is 1.42. The summed E-state index contributed by atoms with van der Waals surface area (Å²) in [6, 6.07) is 0. The monoisotopic (exact) mass is 105 g/mol. The second kappa shape index (κ2) is 2.25. The molecule has 0 fully saturated rings. The van der Waals surface area contributed by atoms with Gasteiger partial charge < -0.3 is 10.2 Å². The Bertz CT molecular complexity index is 89.7. The van der Waals surface area contributed by atoms with Crippen molar-refractivity contribution in [3.63, 3.8) is 0 Å². The van der Waals surface area contributed by atoms with Crippen LogP contribution in [0.2, 0.25) is 0 Å². The van der Waals surface area contributed by atoms with Crippen LogP contribution in [-0.4, -0.2) is 22.4 Å². The standard InChI is InChI=1S/C2H3NO4/c4-1(3-7)2(5)6/h1,4H,(H,5,6). The topological polar surface area (TPSA) is 87.0 Å². The summed E-state index contributed by atoms with van der Waals surface area (Å²) in [5, 5.41) is 17.3. The zero-order valence-electron chi connectivity index (χ0n) is 3.24. The zero-order valence-corrected chi connectivity index (χ0v) is 3.24. The van der Waals surface area contributed by atoms with E-state index in [0.29, 0.717) is 0 Å². The first-order chi connectivity index (χ1) is 3.18. The molecule has 0 bridgehead atoms. The van der Waals surface area contributed by atoms with Crippen molar-refractivity contribution in [3.8, 4) is 0 Å². The molecule has 0 radical (unpaired) electrons. The average Bonchev–Trinajstić information content (AvgIpc) is 1.65. The second-order valence-corrected chi connectivity index (χ2v) is 0.817. The fourth-order valence-electron chi connectivity index (χ4n) is 0.0451. The highest BCUT2D eigenvalue weighted by molar-refractivity contribution is 5.71. The van der Waals surface area contributed by atoms with Crippen molar-refractivity contribution in [1.29, 1.82) is 0 Å². The summed E-state index contributed by atoms with van der Waals surface area (Å²) in [6.07, 6.45) is -2.11. The lowest BCUT2D eigenvalue weighted by Crippen LogP contribution is -2.15. The van der Waals surface area contributed by atoms with Gasteiger partial charge in [0.1, 0.15) is 0 Å². The van der Waals surface area contributed by atoms with Crippen LogP contribution in [-0.2, 0) is 4.79 Å². The van der Waals surface area contributed by atoms with Gasteiger partial charge in [-0.25, -0.2) is 4.79 Å². The lowest BCUT2D eigenvalue weighted by molar-refractivity contribution is -0.146. The summed E-state index contributed by atoms with van der Waals surface area (Å²) in [6.45, 7) is 0. The summed E-state index contributed by atoms with van der Waals surface area (Å²) >= 11 is 0. The van der Waals surface area contributed by atoms with Gasteiger partial charge in [-0.05, 0) is 5.18 Å². The molecule has 2 N–H and O–H groups in total. The summed E-state index contributed by atoms with van der Waals surface area (Å²) in [7, 11) is 0. The van der Waals surface area contributed by atoms with Gasteiger partial charge in [0, 0.05) is 0 Å². The van der Waals surface area contributed by atoms with E-state index >= 15 is 0 Å².